The average Bonchev–Trinajstić information content (AvgIpc) is 2.91. The summed E-state index contributed by atoms with van der Waals surface area (Å²) in [5, 5.41) is 8.86. The van der Waals surface area contributed by atoms with Gasteiger partial charge < -0.3 is 4.90 Å². The Kier molecular flexibility index (Phi) is 3.41. The lowest BCUT2D eigenvalue weighted by atomic mass is 9.92. The fraction of sp³-hybridized carbons (Fsp3) is 0.300. The molecule has 0 unspecified atom stereocenters. The zero-order valence-electron chi connectivity index (χ0n) is 14.6. The van der Waals surface area contributed by atoms with E-state index in [2.05, 4.69) is 78.4 Å². The van der Waals surface area contributed by atoms with Crippen molar-refractivity contribution in [2.24, 2.45) is 7.05 Å². The second-order valence-electron chi connectivity index (χ2n) is 6.76. The number of hydrogen-bond acceptors (Lipinski definition) is 3. The van der Waals surface area contributed by atoms with Crippen LogP contribution in [0.25, 0.3) is 22.5 Å². The first-order valence-corrected chi connectivity index (χ1v) is 8.42. The summed E-state index contributed by atoms with van der Waals surface area (Å²) >= 11 is 0. The normalized spacial score (nSPS) is 13.1. The third-order valence-corrected chi connectivity index (χ3v) is 4.86. The third-order valence-electron chi connectivity index (χ3n) is 4.86. The van der Waals surface area contributed by atoms with Gasteiger partial charge in [0.15, 0.2) is 0 Å². The van der Waals surface area contributed by atoms with Gasteiger partial charge in [-0.1, -0.05) is 41.6 Å². The molecule has 2 heterocycles. The van der Waals surface area contributed by atoms with Gasteiger partial charge in [-0.25, -0.2) is 4.68 Å². The van der Waals surface area contributed by atoms with Crippen molar-refractivity contribution in [3.8, 4) is 22.5 Å². The van der Waals surface area contributed by atoms with Crippen LogP contribution < -0.4 is 4.90 Å². The molecule has 1 aliphatic heterocycles. The smallest absolute Gasteiger partial charge is 0.123 e. The number of anilines is 1. The first-order chi connectivity index (χ1) is 11.6. The molecule has 1 aromatic heterocycles. The molecule has 0 saturated carbocycles. The molecule has 122 valence electrons. The van der Waals surface area contributed by atoms with Crippen LogP contribution >= 0.6 is 0 Å². The summed E-state index contributed by atoms with van der Waals surface area (Å²) in [6.45, 7) is 7.54. The van der Waals surface area contributed by atoms with Crippen LogP contribution in [0.5, 0.6) is 0 Å². The van der Waals surface area contributed by atoms with Gasteiger partial charge in [0.05, 0.1) is 5.69 Å². The zero-order chi connectivity index (χ0) is 16.8. The van der Waals surface area contributed by atoms with Crippen LogP contribution in [0.2, 0.25) is 0 Å². The van der Waals surface area contributed by atoms with Crippen molar-refractivity contribution < 1.29 is 0 Å². The van der Waals surface area contributed by atoms with E-state index in [0.29, 0.717) is 6.04 Å². The van der Waals surface area contributed by atoms with E-state index in [1.165, 1.54) is 22.4 Å². The van der Waals surface area contributed by atoms with Crippen molar-refractivity contribution in [1.82, 2.24) is 15.0 Å². The maximum absolute atomic E-state index is 4.52. The SMILES string of the molecule is Cc1cccc2c1-c1c(nnn1C)-c1ccccc1N(C(C)C)C2. The van der Waals surface area contributed by atoms with Crippen molar-refractivity contribution in [3.63, 3.8) is 0 Å². The van der Waals surface area contributed by atoms with Crippen molar-refractivity contribution in [2.75, 3.05) is 4.90 Å². The zero-order valence-corrected chi connectivity index (χ0v) is 14.6. The van der Waals surface area contributed by atoms with Crippen LogP contribution in [-0.4, -0.2) is 21.0 Å². The molecule has 0 bridgehead atoms. The molecule has 4 heteroatoms. The molecular weight excluding hydrogens is 296 g/mol. The van der Waals surface area contributed by atoms with Gasteiger partial charge in [-0.3, -0.25) is 0 Å². The number of nitrogens with zero attached hydrogens (tertiary/aromatic N) is 4. The summed E-state index contributed by atoms with van der Waals surface area (Å²) in [4.78, 5) is 2.45. The summed E-state index contributed by atoms with van der Waals surface area (Å²) in [6.07, 6.45) is 0. The molecule has 24 heavy (non-hydrogen) atoms. The molecule has 0 fully saturated rings. The lowest BCUT2D eigenvalue weighted by molar-refractivity contribution is 0.681. The van der Waals surface area contributed by atoms with Crippen molar-refractivity contribution in [2.45, 2.75) is 33.4 Å². The highest BCUT2D eigenvalue weighted by atomic mass is 15.4. The molecule has 2 aromatic carbocycles. The molecule has 3 aromatic rings. The Morgan fingerprint density at radius 1 is 1.04 bits per heavy atom. The fourth-order valence-corrected chi connectivity index (χ4v) is 3.67. The summed E-state index contributed by atoms with van der Waals surface area (Å²) in [5.74, 6) is 0. The molecule has 0 radical (unpaired) electrons. The monoisotopic (exact) mass is 318 g/mol. The quantitative estimate of drug-likeness (QED) is 0.675. The second kappa shape index (κ2) is 5.48. The number of aryl methyl sites for hydroxylation is 2. The average molecular weight is 318 g/mol. The van der Waals surface area contributed by atoms with Crippen LogP contribution in [0.4, 0.5) is 5.69 Å². The molecule has 0 saturated heterocycles. The van der Waals surface area contributed by atoms with Gasteiger partial charge >= 0.3 is 0 Å². The van der Waals surface area contributed by atoms with Crippen LogP contribution in [-0.2, 0) is 13.6 Å². The van der Waals surface area contributed by atoms with E-state index >= 15 is 0 Å². The minimum Gasteiger partial charge on any atom is -0.364 e. The van der Waals surface area contributed by atoms with Gasteiger partial charge in [0.25, 0.3) is 0 Å². The molecule has 1 aliphatic rings. The molecule has 4 nitrogen and oxygen atoms in total. The number of rotatable bonds is 1. The second-order valence-corrected chi connectivity index (χ2v) is 6.76. The van der Waals surface area contributed by atoms with Crippen LogP contribution in [0, 0.1) is 6.92 Å². The Hall–Kier alpha value is -2.62. The minimum absolute atomic E-state index is 0.401. The summed E-state index contributed by atoms with van der Waals surface area (Å²) in [5.41, 5.74) is 8.31. The highest BCUT2D eigenvalue weighted by Gasteiger charge is 2.27. The molecule has 4 rings (SSSR count). The van der Waals surface area contributed by atoms with E-state index in [4.69, 9.17) is 0 Å². The van der Waals surface area contributed by atoms with E-state index in [1.807, 2.05) is 11.7 Å². The Morgan fingerprint density at radius 3 is 2.62 bits per heavy atom. The van der Waals surface area contributed by atoms with E-state index in [9.17, 15) is 0 Å². The van der Waals surface area contributed by atoms with Gasteiger partial charge in [-0.05, 0) is 38.0 Å². The topological polar surface area (TPSA) is 34.0 Å². The van der Waals surface area contributed by atoms with E-state index in [0.717, 1.165) is 23.5 Å². The van der Waals surface area contributed by atoms with Crippen molar-refractivity contribution >= 4 is 5.69 Å². The fourth-order valence-electron chi connectivity index (χ4n) is 3.67. The molecule has 0 atom stereocenters. The van der Waals surface area contributed by atoms with E-state index in [-0.39, 0.29) is 0 Å². The van der Waals surface area contributed by atoms with Crippen molar-refractivity contribution in [1.29, 1.82) is 0 Å². The van der Waals surface area contributed by atoms with Gasteiger partial charge in [0, 0.05) is 36.4 Å². The van der Waals surface area contributed by atoms with Crippen LogP contribution in [0.1, 0.15) is 25.0 Å². The number of fused-ring (bicyclic) bond motifs is 5. The lowest BCUT2D eigenvalue weighted by Crippen LogP contribution is -2.31. The largest absolute Gasteiger partial charge is 0.364 e. The summed E-state index contributed by atoms with van der Waals surface area (Å²) in [6, 6.07) is 15.5. The predicted octanol–water partition coefficient (Wildman–Crippen LogP) is 4.19. The van der Waals surface area contributed by atoms with Gasteiger partial charge in [-0.2, -0.15) is 0 Å². The van der Waals surface area contributed by atoms with E-state index in [1.54, 1.807) is 0 Å². The maximum Gasteiger partial charge on any atom is 0.123 e. The third kappa shape index (κ3) is 2.13. The number of benzene rings is 2. The van der Waals surface area contributed by atoms with Crippen molar-refractivity contribution in [3.05, 3.63) is 53.6 Å². The molecule has 0 spiro atoms. The Bertz CT molecular complexity index is 908. The van der Waals surface area contributed by atoms with Gasteiger partial charge in [0.2, 0.25) is 0 Å². The van der Waals surface area contributed by atoms with Gasteiger partial charge in [-0.15, -0.1) is 5.10 Å². The molecule has 0 amide bonds. The Balaban J connectivity index is 2.11. The standard InChI is InChI=1S/C20H22N4/c1-13(2)24-12-15-9-7-8-14(3)18(15)20-19(21-22-23(20)4)16-10-5-6-11-17(16)24/h5-11,13H,12H2,1-4H3. The van der Waals surface area contributed by atoms with Crippen LogP contribution in [0.3, 0.4) is 0 Å². The summed E-state index contributed by atoms with van der Waals surface area (Å²) in [7, 11) is 1.98. The molecular formula is C20H22N4. The highest BCUT2D eigenvalue weighted by Crippen LogP contribution is 2.42. The highest BCUT2D eigenvalue weighted by molar-refractivity contribution is 5.89. The lowest BCUT2D eigenvalue weighted by Gasteiger charge is -2.33. The first kappa shape index (κ1) is 14.9. The van der Waals surface area contributed by atoms with E-state index < -0.39 is 0 Å². The Labute approximate surface area is 142 Å². The molecule has 0 aliphatic carbocycles. The number of hydrogen-bond donors (Lipinski definition) is 0. The minimum atomic E-state index is 0.401. The first-order valence-electron chi connectivity index (χ1n) is 8.42. The number of para-hydroxylation sites is 1. The Morgan fingerprint density at radius 2 is 1.83 bits per heavy atom. The molecule has 0 N–H and O–H groups in total. The predicted molar refractivity (Wildman–Crippen MR) is 97.9 cm³/mol. The van der Waals surface area contributed by atoms with Gasteiger partial charge in [0.1, 0.15) is 5.69 Å². The summed E-state index contributed by atoms with van der Waals surface area (Å²) < 4.78 is 1.91. The number of aromatic nitrogens is 3. The maximum atomic E-state index is 4.52. The van der Waals surface area contributed by atoms with Crippen LogP contribution in [0.15, 0.2) is 42.5 Å².